The SMILES string of the molecule is CC.CCCCC(CC)CN(CC(CC)CCCC)C(C)=N/C(=C(\C)C=O)c1c(C)cccc1C. The van der Waals surface area contributed by atoms with Gasteiger partial charge < -0.3 is 4.90 Å². The van der Waals surface area contributed by atoms with E-state index in [1.807, 2.05) is 20.8 Å². The van der Waals surface area contributed by atoms with Gasteiger partial charge in [-0.2, -0.15) is 0 Å². The van der Waals surface area contributed by atoms with E-state index in [0.29, 0.717) is 17.4 Å². The van der Waals surface area contributed by atoms with Crippen molar-refractivity contribution >= 4 is 17.8 Å². The molecule has 0 aliphatic heterocycles. The Balaban J connectivity index is 0.00000562. The zero-order valence-corrected chi connectivity index (χ0v) is 24.8. The zero-order valence-electron chi connectivity index (χ0n) is 24.8. The number of allylic oxidation sites excluding steroid dienone is 1. The number of aldehydes is 1. The molecule has 0 N–H and O–H groups in total. The lowest BCUT2D eigenvalue weighted by Gasteiger charge is -2.32. The van der Waals surface area contributed by atoms with Gasteiger partial charge in [0.05, 0.1) is 5.70 Å². The summed E-state index contributed by atoms with van der Waals surface area (Å²) >= 11 is 0. The van der Waals surface area contributed by atoms with Crippen molar-refractivity contribution in [2.24, 2.45) is 16.8 Å². The first-order valence-corrected chi connectivity index (χ1v) is 14.3. The molecule has 2 atom stereocenters. The van der Waals surface area contributed by atoms with Crippen LogP contribution in [0.2, 0.25) is 0 Å². The summed E-state index contributed by atoms with van der Waals surface area (Å²) in [6, 6.07) is 6.29. The third kappa shape index (κ3) is 11.6. The molecule has 1 rings (SSSR count). The number of aryl methyl sites for hydroxylation is 2. The van der Waals surface area contributed by atoms with Gasteiger partial charge in [-0.1, -0.05) is 98.3 Å². The summed E-state index contributed by atoms with van der Waals surface area (Å²) in [6.45, 7) is 23.5. The van der Waals surface area contributed by atoms with E-state index in [9.17, 15) is 4.79 Å². The maximum Gasteiger partial charge on any atom is 0.147 e. The first-order valence-electron chi connectivity index (χ1n) is 14.3. The molecule has 3 nitrogen and oxygen atoms in total. The molecule has 200 valence electrons. The Labute approximate surface area is 218 Å². The van der Waals surface area contributed by atoms with Crippen LogP contribution in [0.3, 0.4) is 0 Å². The second-order valence-electron chi connectivity index (χ2n) is 9.81. The van der Waals surface area contributed by atoms with Gasteiger partial charge in [-0.15, -0.1) is 0 Å². The molecule has 0 spiro atoms. The fourth-order valence-electron chi connectivity index (χ4n) is 4.61. The summed E-state index contributed by atoms with van der Waals surface area (Å²) in [4.78, 5) is 19.5. The van der Waals surface area contributed by atoms with Gasteiger partial charge in [-0.3, -0.25) is 4.79 Å². The van der Waals surface area contributed by atoms with Crippen LogP contribution in [0.25, 0.3) is 5.70 Å². The second-order valence-corrected chi connectivity index (χ2v) is 9.81. The minimum Gasteiger partial charge on any atom is -0.360 e. The monoisotopic (exact) mass is 484 g/mol. The normalized spacial score (nSPS) is 13.9. The van der Waals surface area contributed by atoms with E-state index in [4.69, 9.17) is 4.99 Å². The Kier molecular flexibility index (Phi) is 18.3. The van der Waals surface area contributed by atoms with E-state index in [1.54, 1.807) is 0 Å². The second kappa shape index (κ2) is 19.3. The zero-order chi connectivity index (χ0) is 26.8. The highest BCUT2D eigenvalue weighted by Gasteiger charge is 2.20. The summed E-state index contributed by atoms with van der Waals surface area (Å²) < 4.78 is 0. The first kappa shape index (κ1) is 33.1. The largest absolute Gasteiger partial charge is 0.360 e. The number of rotatable bonds is 15. The molecule has 0 aromatic heterocycles. The summed E-state index contributed by atoms with van der Waals surface area (Å²) in [5.41, 5.74) is 4.95. The number of amidine groups is 1. The van der Waals surface area contributed by atoms with Crippen LogP contribution in [0.4, 0.5) is 0 Å². The molecule has 1 aromatic carbocycles. The van der Waals surface area contributed by atoms with Crippen molar-refractivity contribution < 1.29 is 4.79 Å². The topological polar surface area (TPSA) is 32.7 Å². The molecule has 0 fully saturated rings. The van der Waals surface area contributed by atoms with Crippen LogP contribution in [-0.4, -0.2) is 30.1 Å². The van der Waals surface area contributed by atoms with Crippen LogP contribution in [0, 0.1) is 25.7 Å². The smallest absolute Gasteiger partial charge is 0.147 e. The highest BCUT2D eigenvalue weighted by atomic mass is 16.1. The lowest BCUT2D eigenvalue weighted by Crippen LogP contribution is -2.37. The van der Waals surface area contributed by atoms with Crippen LogP contribution in [0.1, 0.15) is 123 Å². The molecule has 0 radical (unpaired) electrons. The number of hydrogen-bond donors (Lipinski definition) is 0. The maximum atomic E-state index is 11.8. The number of nitrogens with zero attached hydrogens (tertiary/aromatic N) is 2. The minimum atomic E-state index is 0.679. The third-order valence-electron chi connectivity index (χ3n) is 7.04. The lowest BCUT2D eigenvalue weighted by atomic mass is 9.95. The molecular formula is C32H56N2O. The number of aliphatic imine (C=N–C) groups is 1. The number of carbonyl (C=O) groups is 1. The van der Waals surface area contributed by atoms with Gasteiger partial charge in [0, 0.05) is 24.2 Å². The first-order chi connectivity index (χ1) is 16.8. The molecule has 0 amide bonds. The summed E-state index contributed by atoms with van der Waals surface area (Å²) in [5, 5.41) is 0. The number of carbonyl (C=O) groups excluding carboxylic acids is 1. The Morgan fingerprint density at radius 3 is 1.71 bits per heavy atom. The molecule has 1 aromatic rings. The van der Waals surface area contributed by atoms with Crippen molar-refractivity contribution in [3.63, 3.8) is 0 Å². The standard InChI is InChI=1S/C30H50N2O.C2H6/c1-9-13-18-27(11-3)20-32(21-28(12-4)19-14-10-2)26(8)31-30(25(7)22-33)29-23(5)16-15-17-24(29)6;1-2/h15-17,22,27-28H,9-14,18-21H2,1-8H3;1-2H3/b30-25+,31-26?;. The Morgan fingerprint density at radius 1 is 0.886 bits per heavy atom. The van der Waals surface area contributed by atoms with Gasteiger partial charge in [-0.05, 0) is 63.5 Å². The molecule has 0 aliphatic carbocycles. The van der Waals surface area contributed by atoms with Crippen molar-refractivity contribution in [1.82, 2.24) is 4.90 Å². The molecule has 0 aliphatic rings. The van der Waals surface area contributed by atoms with Crippen molar-refractivity contribution in [1.29, 1.82) is 0 Å². The van der Waals surface area contributed by atoms with Crippen LogP contribution in [-0.2, 0) is 4.79 Å². The summed E-state index contributed by atoms with van der Waals surface area (Å²) in [6.07, 6.45) is 11.0. The lowest BCUT2D eigenvalue weighted by molar-refractivity contribution is -0.104. The minimum absolute atomic E-state index is 0.679. The molecular weight excluding hydrogens is 428 g/mol. The Bertz CT molecular complexity index is 740. The Morgan fingerprint density at radius 2 is 1.34 bits per heavy atom. The van der Waals surface area contributed by atoms with E-state index in [0.717, 1.165) is 47.6 Å². The van der Waals surface area contributed by atoms with Crippen LogP contribution in [0.15, 0.2) is 28.8 Å². The van der Waals surface area contributed by atoms with Crippen LogP contribution in [0.5, 0.6) is 0 Å². The highest BCUT2D eigenvalue weighted by molar-refractivity contribution is 5.94. The highest BCUT2D eigenvalue weighted by Crippen LogP contribution is 2.28. The van der Waals surface area contributed by atoms with Crippen molar-refractivity contribution in [2.45, 2.75) is 121 Å². The van der Waals surface area contributed by atoms with E-state index in [2.05, 4.69) is 71.6 Å². The number of unbranched alkanes of at least 4 members (excludes halogenated alkanes) is 2. The van der Waals surface area contributed by atoms with Gasteiger partial charge in [0.15, 0.2) is 0 Å². The fraction of sp³-hybridized carbons (Fsp3) is 0.688. The average Bonchev–Trinajstić information content (AvgIpc) is 2.87. The van der Waals surface area contributed by atoms with Crippen LogP contribution < -0.4 is 0 Å². The molecule has 0 saturated heterocycles. The van der Waals surface area contributed by atoms with E-state index in [-0.39, 0.29) is 0 Å². The van der Waals surface area contributed by atoms with Gasteiger partial charge in [0.1, 0.15) is 12.1 Å². The van der Waals surface area contributed by atoms with Crippen molar-refractivity contribution in [3.05, 3.63) is 40.5 Å². The molecule has 2 unspecified atom stereocenters. The van der Waals surface area contributed by atoms with Gasteiger partial charge in [0.2, 0.25) is 0 Å². The fourth-order valence-corrected chi connectivity index (χ4v) is 4.61. The van der Waals surface area contributed by atoms with E-state index >= 15 is 0 Å². The molecule has 35 heavy (non-hydrogen) atoms. The molecule has 3 heteroatoms. The van der Waals surface area contributed by atoms with Crippen molar-refractivity contribution in [3.8, 4) is 0 Å². The average molecular weight is 485 g/mol. The predicted octanol–water partition coefficient (Wildman–Crippen LogP) is 9.41. The maximum absolute atomic E-state index is 11.8. The molecule has 0 heterocycles. The Hall–Kier alpha value is -1.90. The molecule has 0 bridgehead atoms. The molecule has 0 saturated carbocycles. The third-order valence-corrected chi connectivity index (χ3v) is 7.04. The van der Waals surface area contributed by atoms with E-state index in [1.165, 1.54) is 51.4 Å². The van der Waals surface area contributed by atoms with E-state index < -0.39 is 0 Å². The summed E-state index contributed by atoms with van der Waals surface area (Å²) in [7, 11) is 0. The van der Waals surface area contributed by atoms with Crippen molar-refractivity contribution in [2.75, 3.05) is 13.1 Å². The number of benzene rings is 1. The van der Waals surface area contributed by atoms with Gasteiger partial charge in [0.25, 0.3) is 0 Å². The number of hydrogen-bond acceptors (Lipinski definition) is 2. The van der Waals surface area contributed by atoms with Gasteiger partial charge in [-0.25, -0.2) is 4.99 Å². The quantitative estimate of drug-likeness (QED) is 0.107. The predicted molar refractivity (Wildman–Crippen MR) is 157 cm³/mol. The van der Waals surface area contributed by atoms with Gasteiger partial charge >= 0.3 is 0 Å². The summed E-state index contributed by atoms with van der Waals surface area (Å²) in [5.74, 6) is 2.40. The van der Waals surface area contributed by atoms with Crippen LogP contribution >= 0.6 is 0 Å².